The van der Waals surface area contributed by atoms with E-state index in [9.17, 15) is 88.2 Å². The van der Waals surface area contributed by atoms with E-state index in [1.165, 1.54) is 0 Å². The quantitative estimate of drug-likeness (QED) is 0.147. The number of hydrogen-bond acceptors (Lipinski definition) is 2. The molecule has 0 atom stereocenters. The Kier molecular flexibility index (Phi) is 8.49. The van der Waals surface area contributed by atoms with Crippen molar-refractivity contribution in [1.82, 2.24) is 0 Å². The van der Waals surface area contributed by atoms with E-state index < -0.39 is 78.1 Å². The van der Waals surface area contributed by atoms with Crippen LogP contribution in [-0.4, -0.2) is 66.1 Å². The number of alkyl halides is 19. The summed E-state index contributed by atoms with van der Waals surface area (Å²) in [6, 6.07) is 0. The molecular weight excluding hydrogens is 573 g/mol. The third-order valence-corrected chi connectivity index (χ3v) is 4.18. The van der Waals surface area contributed by atoms with Gasteiger partial charge in [0.05, 0.1) is 6.61 Å². The molecule has 36 heavy (non-hydrogen) atoms. The molecule has 21 heteroatoms. The third-order valence-electron chi connectivity index (χ3n) is 4.18. The van der Waals surface area contributed by atoms with Crippen LogP contribution in [0.3, 0.4) is 0 Å². The van der Waals surface area contributed by atoms with Gasteiger partial charge in [-0.25, -0.2) is 4.79 Å². The van der Waals surface area contributed by atoms with E-state index in [2.05, 4.69) is 11.3 Å². The zero-order valence-corrected chi connectivity index (χ0v) is 16.6. The molecule has 0 aromatic carbocycles. The molecule has 2 nitrogen and oxygen atoms in total. The fourth-order valence-electron chi connectivity index (χ4n) is 2.08. The van der Waals surface area contributed by atoms with Crippen molar-refractivity contribution in [2.45, 2.75) is 66.9 Å². The van der Waals surface area contributed by atoms with Crippen molar-refractivity contribution < 1.29 is 92.9 Å². The van der Waals surface area contributed by atoms with Crippen molar-refractivity contribution in [3.8, 4) is 0 Å². The monoisotopic (exact) mass is 582 g/mol. The van der Waals surface area contributed by atoms with Gasteiger partial charge in [0.15, 0.2) is 0 Å². The molecule has 0 aromatic heterocycles. The van der Waals surface area contributed by atoms with Crippen molar-refractivity contribution in [3.05, 3.63) is 12.2 Å². The summed E-state index contributed by atoms with van der Waals surface area (Å²) in [7, 11) is 0. The summed E-state index contributed by atoms with van der Waals surface area (Å²) in [5.41, 5.74) is -1.92. The van der Waals surface area contributed by atoms with Gasteiger partial charge in [-0.1, -0.05) is 6.58 Å². The number of esters is 1. The summed E-state index contributed by atoms with van der Waals surface area (Å²) in [6.45, 7) is 2.54. The first kappa shape index (κ1) is 33.9. The minimum atomic E-state index is -8.99. The van der Waals surface area contributed by atoms with Gasteiger partial charge in [-0.15, -0.1) is 0 Å². The van der Waals surface area contributed by atoms with Crippen LogP contribution in [0.15, 0.2) is 12.2 Å². The molecule has 0 aliphatic heterocycles. The summed E-state index contributed by atoms with van der Waals surface area (Å²) in [5.74, 6) is -69.4. The summed E-state index contributed by atoms with van der Waals surface area (Å²) >= 11 is 0. The van der Waals surface area contributed by atoms with Crippen LogP contribution in [0.5, 0.6) is 0 Å². The summed E-state index contributed by atoms with van der Waals surface area (Å²) < 4.78 is 254. The van der Waals surface area contributed by atoms with Crippen molar-refractivity contribution in [2.24, 2.45) is 0 Å². The fourth-order valence-corrected chi connectivity index (χ4v) is 2.08. The molecule has 0 fully saturated rings. The molecule has 0 spiro atoms. The molecule has 0 saturated carbocycles. The fraction of sp³-hybridized carbons (Fsp3) is 0.800. The predicted octanol–water partition coefficient (Wildman–Crippen LogP) is 7.14. The van der Waals surface area contributed by atoms with Gasteiger partial charge in [-0.3, -0.25) is 0 Å². The maximum Gasteiger partial charge on any atom is 0.460 e. The van der Waals surface area contributed by atoms with E-state index in [0.29, 0.717) is 0 Å². The Morgan fingerprint density at radius 3 is 1.11 bits per heavy atom. The Bertz CT molecular complexity index is 838. The lowest BCUT2D eigenvalue weighted by Gasteiger charge is -2.43. The Balaban J connectivity index is 6.79. The number of carbonyl (C=O) groups excluding carboxylic acids is 1. The molecule has 0 aromatic rings. The van der Waals surface area contributed by atoms with Crippen LogP contribution < -0.4 is 0 Å². The molecule has 0 bridgehead atoms. The number of carbonyl (C=O) groups is 1. The Morgan fingerprint density at radius 1 is 0.556 bits per heavy atom. The SMILES string of the molecule is C=C(CC(F)(F)C(F)(F)C(F)(F)C(F)(F)C(F)(F)C(F)(F)C(F)(F)C(F)(F)C(F)(F)F)C(=O)OCC. The zero-order valence-electron chi connectivity index (χ0n) is 16.6. The maximum absolute atomic E-state index is 13.7. The van der Waals surface area contributed by atoms with E-state index in [1.54, 1.807) is 0 Å². The van der Waals surface area contributed by atoms with Gasteiger partial charge in [0.2, 0.25) is 0 Å². The first-order chi connectivity index (χ1) is 15.4. The highest BCUT2D eigenvalue weighted by atomic mass is 19.4. The minimum absolute atomic E-state index is 0.716. The molecule has 214 valence electrons. The second-order valence-corrected chi connectivity index (χ2v) is 6.72. The average Bonchev–Trinajstić information content (AvgIpc) is 2.65. The van der Waals surface area contributed by atoms with E-state index in [0.717, 1.165) is 6.92 Å². The van der Waals surface area contributed by atoms with Crippen LogP contribution in [0.2, 0.25) is 0 Å². The highest BCUT2D eigenvalue weighted by Gasteiger charge is 2.96. The standard InChI is InChI=1S/C15H9F19O2/c1-3-36-6(35)5(2)4-7(16,17)8(18,19)9(20,21)10(22,23)11(24,25)12(26,27)13(28,29)14(30,31)15(32,33)34/h2-4H2,1H3. The lowest BCUT2D eigenvalue weighted by Crippen LogP contribution is -2.75. The van der Waals surface area contributed by atoms with Crippen LogP contribution in [-0.2, 0) is 9.53 Å². The minimum Gasteiger partial charge on any atom is -0.463 e. The number of halogens is 19. The molecule has 0 heterocycles. The molecule has 0 aliphatic rings. The van der Waals surface area contributed by atoms with Gasteiger partial charge in [0.25, 0.3) is 0 Å². The van der Waals surface area contributed by atoms with Gasteiger partial charge in [-0.05, 0) is 6.92 Å². The molecule has 0 N–H and O–H groups in total. The van der Waals surface area contributed by atoms with E-state index >= 15 is 0 Å². The summed E-state index contributed by atoms with van der Waals surface area (Å²) in [5, 5.41) is 0. The van der Waals surface area contributed by atoms with Crippen molar-refractivity contribution in [2.75, 3.05) is 6.61 Å². The number of hydrogen-bond donors (Lipinski definition) is 0. The Hall–Kier alpha value is -2.12. The topological polar surface area (TPSA) is 26.3 Å². The van der Waals surface area contributed by atoms with Gasteiger partial charge in [0.1, 0.15) is 0 Å². The molecule has 0 unspecified atom stereocenters. The van der Waals surface area contributed by atoms with Gasteiger partial charge in [0, 0.05) is 12.0 Å². The Morgan fingerprint density at radius 2 is 0.833 bits per heavy atom. The third kappa shape index (κ3) is 4.53. The van der Waals surface area contributed by atoms with E-state index in [4.69, 9.17) is 0 Å². The largest absolute Gasteiger partial charge is 0.463 e. The normalized spacial score (nSPS) is 15.7. The molecule has 0 saturated heterocycles. The Labute approximate surface area is 186 Å². The maximum atomic E-state index is 13.7. The second-order valence-electron chi connectivity index (χ2n) is 6.72. The summed E-state index contributed by atoms with van der Waals surface area (Å²) in [4.78, 5) is 11.1. The first-order valence-corrected chi connectivity index (χ1v) is 8.31. The first-order valence-electron chi connectivity index (χ1n) is 8.31. The lowest BCUT2D eigenvalue weighted by molar-refractivity contribution is -0.468. The molecule has 0 aliphatic carbocycles. The lowest BCUT2D eigenvalue weighted by atomic mass is 9.86. The van der Waals surface area contributed by atoms with E-state index in [1.807, 2.05) is 0 Å². The molecule has 0 rings (SSSR count). The van der Waals surface area contributed by atoms with Crippen LogP contribution in [0.4, 0.5) is 83.4 Å². The van der Waals surface area contributed by atoms with Crippen molar-refractivity contribution in [1.29, 1.82) is 0 Å². The van der Waals surface area contributed by atoms with Gasteiger partial charge < -0.3 is 4.74 Å². The second kappa shape index (κ2) is 9.02. The predicted molar refractivity (Wildman–Crippen MR) is 76.0 cm³/mol. The van der Waals surface area contributed by atoms with Crippen LogP contribution in [0, 0.1) is 0 Å². The zero-order chi connectivity index (χ0) is 29.8. The smallest absolute Gasteiger partial charge is 0.460 e. The molecule has 0 amide bonds. The van der Waals surface area contributed by atoms with Crippen molar-refractivity contribution >= 4 is 5.97 Å². The van der Waals surface area contributed by atoms with Crippen LogP contribution in [0.1, 0.15) is 13.3 Å². The van der Waals surface area contributed by atoms with Crippen LogP contribution >= 0.6 is 0 Å². The highest BCUT2D eigenvalue weighted by molar-refractivity contribution is 5.87. The van der Waals surface area contributed by atoms with Gasteiger partial charge in [-0.2, -0.15) is 83.4 Å². The highest BCUT2D eigenvalue weighted by Crippen LogP contribution is 2.65. The summed E-state index contributed by atoms with van der Waals surface area (Å²) in [6.07, 6.45) is -11.1. The van der Waals surface area contributed by atoms with Crippen LogP contribution in [0.25, 0.3) is 0 Å². The average molecular weight is 582 g/mol. The number of ether oxygens (including phenoxy) is 1. The van der Waals surface area contributed by atoms with Crippen molar-refractivity contribution in [3.63, 3.8) is 0 Å². The molecular formula is C15H9F19O2. The molecule has 0 radical (unpaired) electrons. The number of rotatable bonds is 11. The van der Waals surface area contributed by atoms with E-state index in [-0.39, 0.29) is 0 Å². The van der Waals surface area contributed by atoms with Gasteiger partial charge >= 0.3 is 59.5 Å².